The van der Waals surface area contributed by atoms with E-state index >= 15 is 0 Å². The Labute approximate surface area is 121 Å². The molecule has 2 N–H and O–H groups in total. The molecule has 0 fully saturated rings. The van der Waals surface area contributed by atoms with Crippen molar-refractivity contribution in [2.75, 3.05) is 18.2 Å². The Balaban J connectivity index is 2.46. The minimum Gasteiger partial charge on any atom is -0.444 e. The lowest BCUT2D eigenvalue weighted by molar-refractivity contribution is -0.116. The third-order valence-corrected chi connectivity index (χ3v) is 2.52. The van der Waals surface area contributed by atoms with E-state index in [1.54, 1.807) is 27.7 Å². The third kappa shape index (κ3) is 5.47. The Morgan fingerprint density at radius 1 is 1.40 bits per heavy atom. The second-order valence-electron chi connectivity index (χ2n) is 4.95. The molecule has 9 heteroatoms. The first-order valence-electron chi connectivity index (χ1n) is 5.95. The number of thioether (sulfide) groups is 1. The average molecular weight is 301 g/mol. The van der Waals surface area contributed by atoms with Gasteiger partial charge in [-0.05, 0) is 34.0 Å². The Morgan fingerprint density at radius 3 is 2.60 bits per heavy atom. The summed E-state index contributed by atoms with van der Waals surface area (Å²) in [5.74, 6) is 0.130. The lowest BCUT2D eigenvalue weighted by Crippen LogP contribution is -2.39. The minimum atomic E-state index is -0.646. The predicted molar refractivity (Wildman–Crippen MR) is 75.1 cm³/mol. The van der Waals surface area contributed by atoms with Crippen molar-refractivity contribution in [3.05, 3.63) is 5.82 Å². The van der Waals surface area contributed by atoms with E-state index in [0.29, 0.717) is 11.0 Å². The maximum absolute atomic E-state index is 11.7. The summed E-state index contributed by atoms with van der Waals surface area (Å²) in [6, 6.07) is 0. The number of aryl methyl sites for hydroxylation is 1. The largest absolute Gasteiger partial charge is 0.444 e. The second-order valence-corrected chi connectivity index (χ2v) is 5.72. The molecule has 0 saturated heterocycles. The molecule has 8 nitrogen and oxygen atoms in total. The van der Waals surface area contributed by atoms with Crippen molar-refractivity contribution >= 4 is 23.8 Å². The van der Waals surface area contributed by atoms with Crippen molar-refractivity contribution in [1.82, 2.24) is 20.2 Å². The van der Waals surface area contributed by atoms with Gasteiger partial charge < -0.3 is 10.1 Å². The summed E-state index contributed by atoms with van der Waals surface area (Å²) >= 11 is 1.35. The topological polar surface area (TPSA) is 98.1 Å². The van der Waals surface area contributed by atoms with Gasteiger partial charge in [-0.25, -0.2) is 15.2 Å². The van der Waals surface area contributed by atoms with Gasteiger partial charge in [0.15, 0.2) is 5.82 Å². The predicted octanol–water partition coefficient (Wildman–Crippen LogP) is 0.903. The molecule has 0 atom stereocenters. The third-order valence-electron chi connectivity index (χ3n) is 1.89. The fourth-order valence-corrected chi connectivity index (χ4v) is 1.71. The maximum atomic E-state index is 11.7. The van der Waals surface area contributed by atoms with Crippen LogP contribution in [0, 0.1) is 6.92 Å². The molecule has 1 heterocycles. The molecule has 0 aliphatic heterocycles. The number of carbonyl (C=O) groups is 2. The zero-order valence-electron chi connectivity index (χ0n) is 12.2. The Morgan fingerprint density at radius 2 is 2.05 bits per heavy atom. The summed E-state index contributed by atoms with van der Waals surface area (Å²) in [7, 11) is 0. The summed E-state index contributed by atoms with van der Waals surface area (Å²) in [4.78, 5) is 28.5. The molecular formula is C11H19N5O3S. The molecule has 1 rings (SSSR count). The van der Waals surface area contributed by atoms with Crippen LogP contribution in [0.25, 0.3) is 0 Å². The monoisotopic (exact) mass is 301 g/mol. The van der Waals surface area contributed by atoms with Crippen LogP contribution >= 0.6 is 11.8 Å². The van der Waals surface area contributed by atoms with E-state index in [9.17, 15) is 9.59 Å². The molecule has 0 bridgehead atoms. The number of rotatable bonds is 4. The lowest BCUT2D eigenvalue weighted by atomic mass is 10.2. The fraction of sp³-hybridized carbons (Fsp3) is 0.636. The Kier molecular flexibility index (Phi) is 5.37. The van der Waals surface area contributed by atoms with Gasteiger partial charge in [0.1, 0.15) is 12.1 Å². The van der Waals surface area contributed by atoms with Crippen molar-refractivity contribution in [3.8, 4) is 0 Å². The Hall–Kier alpha value is -1.77. The van der Waals surface area contributed by atoms with Crippen LogP contribution in [0.3, 0.4) is 0 Å². The van der Waals surface area contributed by atoms with Gasteiger partial charge in [-0.1, -0.05) is 11.8 Å². The molecule has 0 unspecified atom stereocenters. The maximum Gasteiger partial charge on any atom is 0.408 e. The van der Waals surface area contributed by atoms with Crippen LogP contribution < -0.4 is 10.7 Å². The minimum absolute atomic E-state index is 0.207. The fourth-order valence-electron chi connectivity index (χ4n) is 1.22. The number of nitrogens with zero attached hydrogens (tertiary/aromatic N) is 3. The van der Waals surface area contributed by atoms with Crippen molar-refractivity contribution in [3.63, 3.8) is 0 Å². The SMILES string of the molecule is CSc1nc(C)nn1NC(=O)CNC(=O)OC(C)(C)C. The van der Waals surface area contributed by atoms with Gasteiger partial charge >= 0.3 is 6.09 Å². The number of ether oxygens (including phenoxy) is 1. The highest BCUT2D eigenvalue weighted by Gasteiger charge is 2.17. The summed E-state index contributed by atoms with van der Waals surface area (Å²) < 4.78 is 5.02. The van der Waals surface area contributed by atoms with Crippen LogP contribution in [0.15, 0.2) is 5.16 Å². The van der Waals surface area contributed by atoms with Gasteiger partial charge in [0.2, 0.25) is 5.16 Å². The van der Waals surface area contributed by atoms with E-state index in [0.717, 1.165) is 0 Å². The molecule has 0 aliphatic carbocycles. The van der Waals surface area contributed by atoms with Crippen LogP contribution in [-0.4, -0.2) is 45.3 Å². The summed E-state index contributed by atoms with van der Waals surface area (Å²) in [5, 5.41) is 6.94. The molecule has 0 radical (unpaired) electrons. The molecule has 1 aromatic rings. The van der Waals surface area contributed by atoms with E-state index in [1.807, 2.05) is 6.26 Å². The first-order valence-corrected chi connectivity index (χ1v) is 7.18. The number of hydrogen-bond donors (Lipinski definition) is 2. The standard InChI is InChI=1S/C11H19N5O3S/c1-7-13-9(20-5)16(14-7)15-8(17)6-12-10(18)19-11(2,3)4/h6H2,1-5H3,(H,12,18)(H,15,17). The van der Waals surface area contributed by atoms with Crippen molar-refractivity contribution < 1.29 is 14.3 Å². The van der Waals surface area contributed by atoms with Crippen LogP contribution in [-0.2, 0) is 9.53 Å². The van der Waals surface area contributed by atoms with Crippen molar-refractivity contribution in [2.24, 2.45) is 0 Å². The molecule has 20 heavy (non-hydrogen) atoms. The molecule has 112 valence electrons. The summed E-state index contributed by atoms with van der Waals surface area (Å²) in [6.45, 7) is 6.75. The number of nitrogens with one attached hydrogen (secondary N) is 2. The molecule has 1 aromatic heterocycles. The first kappa shape index (κ1) is 16.3. The van der Waals surface area contributed by atoms with Crippen LogP contribution in [0.5, 0.6) is 0 Å². The van der Waals surface area contributed by atoms with E-state index in [-0.39, 0.29) is 6.54 Å². The number of alkyl carbamates (subject to hydrolysis) is 1. The van der Waals surface area contributed by atoms with Gasteiger partial charge in [-0.2, -0.15) is 0 Å². The molecule has 2 amide bonds. The van der Waals surface area contributed by atoms with Gasteiger partial charge in [0, 0.05) is 0 Å². The van der Waals surface area contributed by atoms with Crippen molar-refractivity contribution in [1.29, 1.82) is 0 Å². The molecule has 0 saturated carbocycles. The van der Waals surface area contributed by atoms with Gasteiger partial charge in [-0.3, -0.25) is 4.79 Å². The molecule has 0 spiro atoms. The van der Waals surface area contributed by atoms with E-state index in [2.05, 4.69) is 20.8 Å². The van der Waals surface area contributed by atoms with Crippen LogP contribution in [0.1, 0.15) is 26.6 Å². The second kappa shape index (κ2) is 6.60. The number of hydrogen-bond acceptors (Lipinski definition) is 6. The van der Waals surface area contributed by atoms with Crippen LogP contribution in [0.4, 0.5) is 4.79 Å². The number of aromatic nitrogens is 3. The van der Waals surface area contributed by atoms with Crippen molar-refractivity contribution in [2.45, 2.75) is 38.5 Å². The van der Waals surface area contributed by atoms with E-state index < -0.39 is 17.6 Å². The first-order chi connectivity index (χ1) is 9.21. The van der Waals surface area contributed by atoms with E-state index in [4.69, 9.17) is 4.74 Å². The molecule has 0 aromatic carbocycles. The molecule has 0 aliphatic rings. The average Bonchev–Trinajstić information content (AvgIpc) is 2.64. The number of carbonyl (C=O) groups excluding carboxylic acids is 2. The lowest BCUT2D eigenvalue weighted by Gasteiger charge is -2.19. The van der Waals surface area contributed by atoms with Crippen LogP contribution in [0.2, 0.25) is 0 Å². The van der Waals surface area contributed by atoms with Gasteiger partial charge in [0.25, 0.3) is 5.91 Å². The Bertz CT molecular complexity index is 495. The summed E-state index contributed by atoms with van der Waals surface area (Å²) in [5.41, 5.74) is 1.91. The zero-order valence-corrected chi connectivity index (χ0v) is 13.0. The van der Waals surface area contributed by atoms with Gasteiger partial charge in [-0.15, -0.1) is 9.89 Å². The highest BCUT2D eigenvalue weighted by molar-refractivity contribution is 7.98. The normalized spacial score (nSPS) is 11.1. The van der Waals surface area contributed by atoms with Gasteiger partial charge in [0.05, 0.1) is 0 Å². The highest BCUT2D eigenvalue weighted by Crippen LogP contribution is 2.09. The quantitative estimate of drug-likeness (QED) is 0.802. The summed E-state index contributed by atoms with van der Waals surface area (Å²) in [6.07, 6.45) is 1.18. The van der Waals surface area contributed by atoms with E-state index in [1.165, 1.54) is 16.6 Å². The highest BCUT2D eigenvalue weighted by atomic mass is 32.2. The smallest absolute Gasteiger partial charge is 0.408 e. The molecular weight excluding hydrogens is 282 g/mol. The number of amides is 2. The zero-order chi connectivity index (χ0) is 15.3.